The zero-order chi connectivity index (χ0) is 67.2. The number of ether oxygens (including phenoxy) is 8. The Kier molecular flexibility index (Phi) is 31.4. The summed E-state index contributed by atoms with van der Waals surface area (Å²) >= 11 is 0. The lowest BCUT2D eigenvalue weighted by Crippen LogP contribution is -2.22. The van der Waals surface area contributed by atoms with E-state index in [-0.39, 0.29) is 97.2 Å². The van der Waals surface area contributed by atoms with Crippen molar-refractivity contribution in [1.29, 1.82) is 0 Å². The quantitative estimate of drug-likeness (QED) is 0.0275. The van der Waals surface area contributed by atoms with E-state index in [0.717, 1.165) is 33.9 Å². The van der Waals surface area contributed by atoms with Gasteiger partial charge < -0.3 is 73.3 Å². The maximum absolute atomic E-state index is 11.7. The van der Waals surface area contributed by atoms with Crippen LogP contribution >= 0.6 is 0 Å². The molecule has 0 aromatic heterocycles. The molecule has 19 heteroatoms. The summed E-state index contributed by atoms with van der Waals surface area (Å²) in [5.74, 6) is 1.01. The maximum Gasteiger partial charge on any atom is 0.508 e. The molecule has 1 aliphatic heterocycles. The van der Waals surface area contributed by atoms with E-state index in [4.69, 9.17) is 38.6 Å². The van der Waals surface area contributed by atoms with E-state index in [9.17, 15) is 44.4 Å². The van der Waals surface area contributed by atoms with Gasteiger partial charge in [0.2, 0.25) is 0 Å². The minimum atomic E-state index is -1.08. The SMILES string of the molecule is CC(C)(c1ccc(O)cc1)c1ccc(O)cc1.CC(O)COc1ccc(C(C)(C)c2ccc(OCC(C)O)cc2)cc1.CC1COC(=O)O1.COC(C)COc1ccc(C(C)(C)c2ccc(OCC(C)OC(=O)CCC(C)=O)cc2)cc1.O=C(O)CCC(=O)O. The number of benzene rings is 6. The lowest BCUT2D eigenvalue weighted by molar-refractivity contribution is -0.150. The molecule has 0 bridgehead atoms. The molecule has 19 nitrogen and oxygen atoms in total. The van der Waals surface area contributed by atoms with Crippen LogP contribution in [0.25, 0.3) is 0 Å². The van der Waals surface area contributed by atoms with Gasteiger partial charge in [-0.2, -0.15) is 0 Å². The third-order valence-electron chi connectivity index (χ3n) is 14.1. The third kappa shape index (κ3) is 27.8. The molecule has 1 saturated heterocycles. The largest absolute Gasteiger partial charge is 0.508 e. The van der Waals surface area contributed by atoms with Crippen LogP contribution in [-0.2, 0) is 54.4 Å². The van der Waals surface area contributed by atoms with Gasteiger partial charge in [-0.15, -0.1) is 0 Å². The molecule has 1 fully saturated rings. The van der Waals surface area contributed by atoms with Gasteiger partial charge in [0.1, 0.15) is 85.5 Å². The maximum atomic E-state index is 11.7. The molecule has 6 aromatic rings. The normalized spacial score (nSPS) is 13.9. The topological polar surface area (TPSA) is 281 Å². The van der Waals surface area contributed by atoms with Crippen LogP contribution in [0.1, 0.15) is 142 Å². The summed E-state index contributed by atoms with van der Waals surface area (Å²) in [5, 5.41) is 53.0. The lowest BCUT2D eigenvalue weighted by atomic mass is 9.78. The van der Waals surface area contributed by atoms with Crippen LogP contribution in [0.2, 0.25) is 0 Å². The minimum absolute atomic E-state index is 0.0279. The lowest BCUT2D eigenvalue weighted by Gasteiger charge is -2.26. The van der Waals surface area contributed by atoms with E-state index < -0.39 is 36.4 Å². The van der Waals surface area contributed by atoms with Gasteiger partial charge in [0.15, 0.2) is 0 Å². The van der Waals surface area contributed by atoms with Crippen molar-refractivity contribution in [2.45, 2.75) is 156 Å². The Bertz CT molecular complexity index is 2960. The highest BCUT2D eigenvalue weighted by Gasteiger charge is 2.26. The van der Waals surface area contributed by atoms with Crippen LogP contribution in [0.5, 0.6) is 34.5 Å². The molecule has 1 aliphatic rings. The first-order valence-corrected chi connectivity index (χ1v) is 29.7. The number of aliphatic carboxylic acids is 2. The van der Waals surface area contributed by atoms with Gasteiger partial charge in [-0.05, 0) is 148 Å². The van der Waals surface area contributed by atoms with Gasteiger partial charge in [0, 0.05) is 29.8 Å². The Hall–Kier alpha value is -8.65. The van der Waals surface area contributed by atoms with Crippen LogP contribution in [0, 0.1) is 0 Å². The zero-order valence-corrected chi connectivity index (χ0v) is 54.1. The minimum Gasteiger partial charge on any atom is -0.508 e. The van der Waals surface area contributed by atoms with E-state index >= 15 is 0 Å². The van der Waals surface area contributed by atoms with Crippen molar-refractivity contribution in [3.05, 3.63) is 179 Å². The predicted octanol–water partition coefficient (Wildman–Crippen LogP) is 12.5. The molecule has 5 atom stereocenters. The number of hydrogen-bond donors (Lipinski definition) is 6. The summed E-state index contributed by atoms with van der Waals surface area (Å²) in [7, 11) is 1.67. The number of phenolic OH excluding ortho intramolecular Hbond substituents is 2. The van der Waals surface area contributed by atoms with E-state index in [1.807, 2.05) is 91.9 Å². The molecule has 0 saturated carbocycles. The van der Waals surface area contributed by atoms with Crippen LogP contribution in [-0.4, -0.2) is 131 Å². The second kappa shape index (κ2) is 37.4. The first-order valence-electron chi connectivity index (χ1n) is 29.7. The first kappa shape index (κ1) is 75.6. The molecule has 0 aliphatic carbocycles. The number of aromatic hydroxyl groups is 2. The highest BCUT2D eigenvalue weighted by molar-refractivity contribution is 5.81. The molecule has 1 heterocycles. The molecule has 490 valence electrons. The number of carboxylic acids is 2. The monoisotopic (exact) mass is 1250 g/mol. The van der Waals surface area contributed by atoms with Crippen molar-refractivity contribution in [2.24, 2.45) is 0 Å². The number of methoxy groups -OCH3 is 1. The zero-order valence-electron chi connectivity index (χ0n) is 54.1. The van der Waals surface area contributed by atoms with E-state index in [1.54, 1.807) is 59.1 Å². The number of aliphatic hydroxyl groups is 2. The van der Waals surface area contributed by atoms with Crippen LogP contribution in [0.15, 0.2) is 146 Å². The van der Waals surface area contributed by atoms with Crippen LogP contribution in [0.4, 0.5) is 4.79 Å². The standard InChI is InChI=1S/C27H36O6.C21H28O4.C15H16O2.C4H6O4.C4H6O3/c1-19(28)7-16-26(29)33-21(3)18-32-25-14-10-23(11-15-25)27(4,5)22-8-12-24(13-9-22)31-17-20(2)30-6;1-15(22)13-24-19-9-5-17(6-10-19)21(3,4)18-7-11-20(12-8-18)25-14-16(2)23;1-15(2,11-3-7-13(16)8-4-11)12-5-9-14(17)10-6-12;5-3(6)1-2-4(7)8;1-3-2-6-4(5)7-3/h8-15,20-21H,7,16-18H2,1-6H3;5-12,15-16,22-23H,13-14H2,1-4H3;3-10,16-17H,1-2H3;1-2H2,(H,5,6)(H,7,8);3H,2H2,1H3. The van der Waals surface area contributed by atoms with E-state index in [1.165, 1.54) is 23.6 Å². The third-order valence-corrected chi connectivity index (χ3v) is 14.1. The fourth-order valence-corrected chi connectivity index (χ4v) is 8.28. The molecule has 0 amide bonds. The second-order valence-corrected chi connectivity index (χ2v) is 23.3. The van der Waals surface area contributed by atoms with Gasteiger partial charge >= 0.3 is 24.1 Å². The number of esters is 1. The molecule has 5 unspecified atom stereocenters. The summed E-state index contributed by atoms with van der Waals surface area (Å²) < 4.78 is 41.9. The van der Waals surface area contributed by atoms with E-state index in [2.05, 4.69) is 87.4 Å². The fraction of sp³-hybridized carbons (Fsp3) is 0.423. The van der Waals surface area contributed by atoms with Crippen molar-refractivity contribution >= 4 is 29.8 Å². The van der Waals surface area contributed by atoms with Gasteiger partial charge in [-0.3, -0.25) is 14.4 Å². The number of rotatable bonds is 26. The molecule has 7 rings (SSSR count). The smallest absolute Gasteiger partial charge is 0.508 e. The predicted molar refractivity (Wildman–Crippen MR) is 342 cm³/mol. The molecule has 6 N–H and O–H groups in total. The van der Waals surface area contributed by atoms with Gasteiger partial charge in [0.05, 0.1) is 37.6 Å². The van der Waals surface area contributed by atoms with Crippen LogP contribution in [0.3, 0.4) is 0 Å². The number of hydrogen-bond acceptors (Lipinski definition) is 17. The number of phenols is 2. The summed E-state index contributed by atoms with van der Waals surface area (Å²) in [6, 6.07) is 46.4. The number of Topliss-reactive ketones (excluding diaryl/α,β-unsaturated/α-hetero) is 1. The van der Waals surface area contributed by atoms with Crippen molar-refractivity contribution < 1.29 is 92.5 Å². The summed E-state index contributed by atoms with van der Waals surface area (Å²) in [5.41, 5.74) is 6.42. The second-order valence-electron chi connectivity index (χ2n) is 23.3. The number of ketones is 1. The van der Waals surface area contributed by atoms with Gasteiger partial charge in [0.25, 0.3) is 0 Å². The Morgan fingerprint density at radius 2 is 0.767 bits per heavy atom. The molecule has 6 aromatic carbocycles. The number of aliphatic hydroxyl groups excluding tert-OH is 2. The number of carbonyl (C=O) groups is 5. The number of carboxylic acid groups (broad SMARTS) is 2. The average molecular weight is 1250 g/mol. The average Bonchev–Trinajstić information content (AvgIpc) is 2.67. The van der Waals surface area contributed by atoms with Gasteiger partial charge in [-0.25, -0.2) is 4.79 Å². The van der Waals surface area contributed by atoms with Gasteiger partial charge in [-0.1, -0.05) is 114 Å². The molecular weight excluding hydrogens is 1160 g/mol. The molecule has 0 spiro atoms. The summed E-state index contributed by atoms with van der Waals surface area (Å²) in [6.45, 7) is 25.0. The van der Waals surface area contributed by atoms with E-state index in [0.29, 0.717) is 19.0 Å². The Morgan fingerprint density at radius 3 is 1.00 bits per heavy atom. The Morgan fingerprint density at radius 1 is 0.478 bits per heavy atom. The summed E-state index contributed by atoms with van der Waals surface area (Å²) in [4.78, 5) is 52.0. The first-order chi connectivity index (χ1) is 42.3. The highest BCUT2D eigenvalue weighted by Crippen LogP contribution is 2.36. The number of carbonyl (C=O) groups excluding carboxylic acids is 3. The van der Waals surface area contributed by atoms with Crippen LogP contribution < -0.4 is 18.9 Å². The molecular formula is C71H92O19. The Labute approximate surface area is 529 Å². The Balaban J connectivity index is 0.000000325. The van der Waals surface area contributed by atoms with Crippen molar-refractivity contribution in [2.75, 3.05) is 40.1 Å². The number of cyclic esters (lactones) is 2. The van der Waals surface area contributed by atoms with Crippen molar-refractivity contribution in [3.63, 3.8) is 0 Å². The highest BCUT2D eigenvalue weighted by atomic mass is 16.8. The summed E-state index contributed by atoms with van der Waals surface area (Å²) in [6.07, 6.45) is -2.20. The molecule has 0 radical (unpaired) electrons. The van der Waals surface area contributed by atoms with Crippen molar-refractivity contribution in [3.8, 4) is 34.5 Å². The molecule has 90 heavy (non-hydrogen) atoms. The van der Waals surface area contributed by atoms with Crippen molar-refractivity contribution in [1.82, 2.24) is 0 Å². The fourth-order valence-electron chi connectivity index (χ4n) is 8.28.